The molecule has 0 unspecified atom stereocenters. The van der Waals surface area contributed by atoms with Crippen LogP contribution in [-0.2, 0) is 12.7 Å². The number of alkyl halides is 3. The molecule has 4 aromatic rings. The molecule has 4 rings (SSSR count). The number of furan rings is 1. The van der Waals surface area contributed by atoms with E-state index in [1.54, 1.807) is 12.1 Å². The van der Waals surface area contributed by atoms with Crippen LogP contribution >= 0.6 is 0 Å². The number of hydrogen-bond acceptors (Lipinski definition) is 4. The van der Waals surface area contributed by atoms with Gasteiger partial charge in [0.05, 0.1) is 17.5 Å². The molecule has 0 aliphatic carbocycles. The van der Waals surface area contributed by atoms with Crippen LogP contribution in [-0.4, -0.2) is 20.7 Å². The number of carbonyl (C=O) groups excluding carboxylic acids is 1. The van der Waals surface area contributed by atoms with Crippen molar-refractivity contribution in [3.63, 3.8) is 0 Å². The first kappa shape index (κ1) is 20.4. The highest BCUT2D eigenvalue weighted by Gasteiger charge is 2.30. The number of halogens is 3. The van der Waals surface area contributed by atoms with Crippen LogP contribution in [0.25, 0.3) is 17.3 Å². The largest absolute Gasteiger partial charge is 0.461 e. The average molecular weight is 426 g/mol. The Morgan fingerprint density at radius 3 is 2.55 bits per heavy atom. The van der Waals surface area contributed by atoms with Gasteiger partial charge in [0.25, 0.3) is 5.91 Å². The number of rotatable bonds is 5. The maximum Gasteiger partial charge on any atom is 0.416 e. The van der Waals surface area contributed by atoms with Crippen LogP contribution in [0.4, 0.5) is 13.2 Å². The second kappa shape index (κ2) is 8.10. The minimum atomic E-state index is -4.45. The van der Waals surface area contributed by atoms with Gasteiger partial charge in [-0.2, -0.15) is 18.2 Å². The van der Waals surface area contributed by atoms with Crippen LogP contribution in [0.5, 0.6) is 0 Å². The number of carbonyl (C=O) groups is 1. The highest BCUT2D eigenvalue weighted by molar-refractivity contribution is 5.90. The second-order valence-electron chi connectivity index (χ2n) is 6.86. The van der Waals surface area contributed by atoms with Crippen molar-refractivity contribution in [1.82, 2.24) is 20.1 Å². The molecule has 0 atom stereocenters. The van der Waals surface area contributed by atoms with Crippen molar-refractivity contribution in [2.75, 3.05) is 0 Å². The van der Waals surface area contributed by atoms with Gasteiger partial charge in [0.2, 0.25) is 5.82 Å². The number of benzene rings is 2. The molecule has 1 amide bonds. The van der Waals surface area contributed by atoms with E-state index in [2.05, 4.69) is 15.4 Å². The number of hydrogen-bond donors (Lipinski definition) is 1. The summed E-state index contributed by atoms with van der Waals surface area (Å²) < 4.78 is 45.5. The van der Waals surface area contributed by atoms with Crippen LogP contribution in [0, 0.1) is 6.92 Å². The Labute approximate surface area is 175 Å². The van der Waals surface area contributed by atoms with E-state index < -0.39 is 17.6 Å². The molecule has 0 bridgehead atoms. The molecule has 31 heavy (non-hydrogen) atoms. The zero-order valence-electron chi connectivity index (χ0n) is 16.3. The van der Waals surface area contributed by atoms with Gasteiger partial charge in [-0.15, -0.1) is 5.10 Å². The Hall–Kier alpha value is -3.88. The van der Waals surface area contributed by atoms with Crippen molar-refractivity contribution in [1.29, 1.82) is 0 Å². The first-order valence-electron chi connectivity index (χ1n) is 9.33. The fraction of sp³-hybridized carbons (Fsp3) is 0.136. The molecular weight excluding hydrogens is 409 g/mol. The van der Waals surface area contributed by atoms with Crippen molar-refractivity contribution in [2.24, 2.45) is 0 Å². The van der Waals surface area contributed by atoms with Crippen molar-refractivity contribution in [3.05, 3.63) is 89.4 Å². The van der Waals surface area contributed by atoms with Gasteiger partial charge >= 0.3 is 6.18 Å². The number of aryl methyl sites for hydroxylation is 1. The SMILES string of the molecule is Cc1ccc(-n2nc(C(=O)NCc3cccc(C(F)(F)F)c3)nc2-c2ccco2)cc1. The molecule has 0 spiro atoms. The van der Waals surface area contributed by atoms with E-state index in [0.29, 0.717) is 22.8 Å². The Balaban J connectivity index is 1.59. The molecule has 9 heteroatoms. The van der Waals surface area contributed by atoms with Crippen LogP contribution in [0.15, 0.2) is 71.3 Å². The predicted octanol–water partition coefficient (Wildman–Crippen LogP) is 4.78. The Bertz CT molecular complexity index is 1200. The van der Waals surface area contributed by atoms with E-state index in [9.17, 15) is 18.0 Å². The number of nitrogens with one attached hydrogen (secondary N) is 1. The molecule has 0 saturated carbocycles. The van der Waals surface area contributed by atoms with Crippen molar-refractivity contribution >= 4 is 5.91 Å². The zero-order valence-corrected chi connectivity index (χ0v) is 16.3. The molecule has 0 fully saturated rings. The van der Waals surface area contributed by atoms with E-state index in [1.165, 1.54) is 23.1 Å². The highest BCUT2D eigenvalue weighted by atomic mass is 19.4. The molecule has 0 radical (unpaired) electrons. The summed E-state index contributed by atoms with van der Waals surface area (Å²) in [7, 11) is 0. The molecule has 0 aliphatic heterocycles. The molecule has 0 saturated heterocycles. The van der Waals surface area contributed by atoms with Gasteiger partial charge in [-0.1, -0.05) is 29.8 Å². The Morgan fingerprint density at radius 1 is 1.10 bits per heavy atom. The quantitative estimate of drug-likeness (QED) is 0.498. The van der Waals surface area contributed by atoms with Crippen molar-refractivity contribution in [3.8, 4) is 17.3 Å². The van der Waals surface area contributed by atoms with Gasteiger partial charge in [0, 0.05) is 6.54 Å². The predicted molar refractivity (Wildman–Crippen MR) is 106 cm³/mol. The lowest BCUT2D eigenvalue weighted by molar-refractivity contribution is -0.137. The summed E-state index contributed by atoms with van der Waals surface area (Å²) in [6.07, 6.45) is -2.97. The van der Waals surface area contributed by atoms with Crippen LogP contribution in [0.3, 0.4) is 0 Å². The lowest BCUT2D eigenvalue weighted by atomic mass is 10.1. The van der Waals surface area contributed by atoms with Crippen LogP contribution in [0.1, 0.15) is 27.3 Å². The maximum absolute atomic E-state index is 12.9. The molecule has 2 heterocycles. The van der Waals surface area contributed by atoms with Crippen LogP contribution in [0.2, 0.25) is 0 Å². The van der Waals surface area contributed by atoms with Gasteiger partial charge in [-0.25, -0.2) is 4.68 Å². The monoisotopic (exact) mass is 426 g/mol. The third kappa shape index (κ3) is 4.50. The van der Waals surface area contributed by atoms with Gasteiger partial charge in [-0.3, -0.25) is 4.79 Å². The zero-order chi connectivity index (χ0) is 22.0. The summed E-state index contributed by atoms with van der Waals surface area (Å²) in [4.78, 5) is 16.9. The molecule has 0 aliphatic rings. The van der Waals surface area contributed by atoms with Crippen LogP contribution < -0.4 is 5.32 Å². The van der Waals surface area contributed by atoms with E-state index in [0.717, 1.165) is 17.7 Å². The topological polar surface area (TPSA) is 73.0 Å². The summed E-state index contributed by atoms with van der Waals surface area (Å²) >= 11 is 0. The van der Waals surface area contributed by atoms with Crippen molar-refractivity contribution < 1.29 is 22.4 Å². The van der Waals surface area contributed by atoms with Gasteiger partial charge < -0.3 is 9.73 Å². The summed E-state index contributed by atoms with van der Waals surface area (Å²) in [6, 6.07) is 15.6. The average Bonchev–Trinajstić information content (AvgIpc) is 3.42. The molecule has 1 N–H and O–H groups in total. The summed E-state index contributed by atoms with van der Waals surface area (Å²) in [5, 5.41) is 6.85. The number of aromatic nitrogens is 3. The maximum atomic E-state index is 12.9. The minimum Gasteiger partial charge on any atom is -0.461 e. The molecular formula is C22H17F3N4O2. The number of nitrogens with zero attached hydrogens (tertiary/aromatic N) is 3. The first-order valence-corrected chi connectivity index (χ1v) is 9.33. The van der Waals surface area contributed by atoms with Gasteiger partial charge in [0.15, 0.2) is 11.6 Å². The second-order valence-corrected chi connectivity index (χ2v) is 6.86. The molecule has 6 nitrogen and oxygen atoms in total. The Morgan fingerprint density at radius 2 is 1.87 bits per heavy atom. The van der Waals surface area contributed by atoms with Crippen molar-refractivity contribution in [2.45, 2.75) is 19.6 Å². The summed E-state index contributed by atoms with van der Waals surface area (Å²) in [5.41, 5.74) is 1.28. The standard InChI is InChI=1S/C22H17F3N4O2/c1-14-7-9-17(10-8-14)29-20(18-6-3-11-31-18)27-19(28-29)21(30)26-13-15-4-2-5-16(12-15)22(23,24)25/h2-12H,13H2,1H3,(H,26,30). The lowest BCUT2D eigenvalue weighted by Gasteiger charge is -2.09. The van der Waals surface area contributed by atoms with E-state index >= 15 is 0 Å². The molecule has 2 aromatic heterocycles. The highest BCUT2D eigenvalue weighted by Crippen LogP contribution is 2.29. The fourth-order valence-corrected chi connectivity index (χ4v) is 2.96. The third-order valence-electron chi connectivity index (χ3n) is 4.54. The minimum absolute atomic E-state index is 0.0993. The fourth-order valence-electron chi connectivity index (χ4n) is 2.96. The van der Waals surface area contributed by atoms with Gasteiger partial charge in [-0.05, 0) is 48.9 Å². The Kier molecular flexibility index (Phi) is 5.33. The lowest BCUT2D eigenvalue weighted by Crippen LogP contribution is -2.24. The third-order valence-corrected chi connectivity index (χ3v) is 4.54. The van der Waals surface area contributed by atoms with E-state index in [-0.39, 0.29) is 12.4 Å². The summed E-state index contributed by atoms with van der Waals surface area (Å²) in [5.74, 6) is 0.0121. The number of amides is 1. The van der Waals surface area contributed by atoms with Gasteiger partial charge in [0.1, 0.15) is 0 Å². The van der Waals surface area contributed by atoms with E-state index in [1.807, 2.05) is 31.2 Å². The summed E-state index contributed by atoms with van der Waals surface area (Å²) in [6.45, 7) is 1.85. The molecule has 158 valence electrons. The first-order chi connectivity index (χ1) is 14.8. The normalized spacial score (nSPS) is 11.5. The smallest absolute Gasteiger partial charge is 0.416 e. The van der Waals surface area contributed by atoms with E-state index in [4.69, 9.17) is 4.42 Å². The molecule has 2 aromatic carbocycles.